The summed E-state index contributed by atoms with van der Waals surface area (Å²) in [7, 11) is 0. The third-order valence-electron chi connectivity index (χ3n) is 2.18. The molecule has 0 bridgehead atoms. The van der Waals surface area contributed by atoms with Crippen LogP contribution in [0.25, 0.3) is 0 Å². The zero-order valence-electron chi connectivity index (χ0n) is 8.18. The van der Waals surface area contributed by atoms with E-state index in [9.17, 15) is 0 Å². The average Bonchev–Trinajstić information content (AvgIpc) is 2.29. The van der Waals surface area contributed by atoms with Gasteiger partial charge in [0.1, 0.15) is 0 Å². The summed E-state index contributed by atoms with van der Waals surface area (Å²) in [5.41, 5.74) is 0. The Labute approximate surface area is 93.1 Å². The van der Waals surface area contributed by atoms with Gasteiger partial charge in [-0.05, 0) is 0 Å². The monoisotopic (exact) mass is 236 g/mol. The number of hydrogen-bond acceptors (Lipinski definition) is 6. The lowest BCUT2D eigenvalue weighted by atomic mass is 10.6. The molecular formula is C8H16N2O2S2. The fourth-order valence-electron chi connectivity index (χ4n) is 1.34. The molecule has 0 aliphatic carbocycles. The van der Waals surface area contributed by atoms with Crippen molar-refractivity contribution in [1.29, 1.82) is 0 Å². The normalized spacial score (nSPS) is 26.6. The molecular weight excluding hydrogens is 220 g/mol. The largest absolute Gasteiger partial charge is 0.159 e. The highest BCUT2D eigenvalue weighted by Gasteiger charge is 2.16. The van der Waals surface area contributed by atoms with Crippen molar-refractivity contribution in [3.8, 4) is 0 Å². The maximum absolute atomic E-state index is 5.26. The van der Waals surface area contributed by atoms with Gasteiger partial charge in [0.15, 0.2) is 0 Å². The van der Waals surface area contributed by atoms with Crippen LogP contribution in [0.1, 0.15) is 0 Å². The van der Waals surface area contributed by atoms with Gasteiger partial charge in [0.2, 0.25) is 0 Å². The van der Waals surface area contributed by atoms with Crippen LogP contribution >= 0.6 is 23.5 Å². The Balaban J connectivity index is 1.60. The van der Waals surface area contributed by atoms with Crippen LogP contribution in [-0.4, -0.2) is 59.3 Å². The van der Waals surface area contributed by atoms with E-state index in [1.165, 1.54) is 0 Å². The lowest BCUT2D eigenvalue weighted by Crippen LogP contribution is -2.39. The third kappa shape index (κ3) is 3.60. The van der Waals surface area contributed by atoms with Crippen LogP contribution in [0.4, 0.5) is 0 Å². The first-order valence-corrected chi connectivity index (χ1v) is 7.26. The first-order chi connectivity index (χ1) is 6.95. The van der Waals surface area contributed by atoms with Crippen molar-refractivity contribution in [2.24, 2.45) is 0 Å². The summed E-state index contributed by atoms with van der Waals surface area (Å²) in [5.74, 6) is 4.55. The Kier molecular flexibility index (Phi) is 4.88. The second-order valence-electron chi connectivity index (χ2n) is 3.23. The first kappa shape index (κ1) is 11.0. The van der Waals surface area contributed by atoms with Crippen LogP contribution in [-0.2, 0) is 9.98 Å². The predicted molar refractivity (Wildman–Crippen MR) is 60.0 cm³/mol. The molecule has 0 N–H and O–H groups in total. The Morgan fingerprint density at radius 2 is 1.00 bits per heavy atom. The Hall–Kier alpha value is 0.540. The van der Waals surface area contributed by atoms with Crippen molar-refractivity contribution in [2.75, 3.05) is 49.2 Å². The average molecular weight is 236 g/mol. The van der Waals surface area contributed by atoms with Crippen LogP contribution in [0.2, 0.25) is 0 Å². The Morgan fingerprint density at radius 1 is 0.643 bits per heavy atom. The van der Waals surface area contributed by atoms with Crippen LogP contribution < -0.4 is 0 Å². The van der Waals surface area contributed by atoms with E-state index in [-0.39, 0.29) is 0 Å². The molecule has 0 unspecified atom stereocenters. The number of hydroxylamine groups is 4. The minimum atomic E-state index is 0.966. The zero-order chi connectivity index (χ0) is 9.64. The van der Waals surface area contributed by atoms with Crippen molar-refractivity contribution >= 4 is 23.5 Å². The summed E-state index contributed by atoms with van der Waals surface area (Å²) in [6, 6.07) is 0. The van der Waals surface area contributed by atoms with Crippen LogP contribution in [0, 0.1) is 0 Å². The number of rotatable bonds is 3. The quantitative estimate of drug-likeness (QED) is 0.532. The Bertz CT molecular complexity index is 143. The minimum Gasteiger partial charge on any atom is -0.159 e. The summed E-state index contributed by atoms with van der Waals surface area (Å²) in [6.07, 6.45) is 0. The second-order valence-corrected chi connectivity index (χ2v) is 5.68. The maximum atomic E-state index is 5.26. The van der Waals surface area contributed by atoms with Crippen LogP contribution in [0.3, 0.4) is 0 Å². The van der Waals surface area contributed by atoms with Crippen molar-refractivity contribution in [3.05, 3.63) is 0 Å². The van der Waals surface area contributed by atoms with Crippen molar-refractivity contribution in [2.45, 2.75) is 0 Å². The van der Waals surface area contributed by atoms with Crippen molar-refractivity contribution in [3.63, 3.8) is 0 Å². The predicted octanol–water partition coefficient (Wildman–Crippen LogP) is 0.862. The molecule has 6 heteroatoms. The molecule has 0 aromatic heterocycles. The van der Waals surface area contributed by atoms with Gasteiger partial charge in [0, 0.05) is 49.2 Å². The molecule has 2 rings (SSSR count). The van der Waals surface area contributed by atoms with Gasteiger partial charge in [0.05, 0.1) is 0 Å². The molecule has 0 aromatic carbocycles. The smallest absolute Gasteiger partial charge is 0.0362 e. The van der Waals surface area contributed by atoms with Crippen LogP contribution in [0.15, 0.2) is 0 Å². The molecule has 0 aromatic rings. The second kappa shape index (κ2) is 6.19. The topological polar surface area (TPSA) is 24.9 Å². The molecule has 0 spiro atoms. The molecule has 0 atom stereocenters. The summed E-state index contributed by atoms with van der Waals surface area (Å²) in [5, 5.41) is 3.80. The Morgan fingerprint density at radius 3 is 1.36 bits per heavy atom. The van der Waals surface area contributed by atoms with Gasteiger partial charge in [-0.25, -0.2) is 0 Å². The van der Waals surface area contributed by atoms with Gasteiger partial charge < -0.3 is 0 Å². The van der Waals surface area contributed by atoms with Gasteiger partial charge in [0.25, 0.3) is 0 Å². The summed E-state index contributed by atoms with van der Waals surface area (Å²) >= 11 is 3.93. The molecule has 0 amide bonds. The maximum Gasteiger partial charge on any atom is 0.0362 e. The minimum absolute atomic E-state index is 0.966. The van der Waals surface area contributed by atoms with E-state index in [2.05, 4.69) is 0 Å². The van der Waals surface area contributed by atoms with E-state index >= 15 is 0 Å². The van der Waals surface area contributed by atoms with Crippen molar-refractivity contribution < 1.29 is 9.98 Å². The van der Waals surface area contributed by atoms with Gasteiger partial charge in [-0.1, -0.05) is 0 Å². The molecule has 2 saturated heterocycles. The number of thioether (sulfide) groups is 2. The highest BCUT2D eigenvalue weighted by atomic mass is 32.2. The molecule has 2 fully saturated rings. The fourth-order valence-corrected chi connectivity index (χ4v) is 3.08. The summed E-state index contributed by atoms with van der Waals surface area (Å²) < 4.78 is 0. The summed E-state index contributed by atoms with van der Waals surface area (Å²) in [4.78, 5) is 10.5. The zero-order valence-corrected chi connectivity index (χ0v) is 9.82. The van der Waals surface area contributed by atoms with Gasteiger partial charge in [-0.15, -0.1) is 9.98 Å². The molecule has 14 heavy (non-hydrogen) atoms. The molecule has 2 aliphatic rings. The van der Waals surface area contributed by atoms with Gasteiger partial charge >= 0.3 is 0 Å². The number of nitrogens with zero attached hydrogens (tertiary/aromatic N) is 2. The van der Waals surface area contributed by atoms with E-state index < -0.39 is 0 Å². The summed E-state index contributed by atoms with van der Waals surface area (Å²) in [6.45, 7) is 3.86. The molecule has 0 saturated carbocycles. The molecule has 0 radical (unpaired) electrons. The SMILES string of the molecule is C1CN(OON2CCSCC2)CCS1. The molecule has 2 aliphatic heterocycles. The van der Waals surface area contributed by atoms with E-state index in [0.717, 1.165) is 49.2 Å². The van der Waals surface area contributed by atoms with Gasteiger partial charge in [-0.2, -0.15) is 33.7 Å². The van der Waals surface area contributed by atoms with E-state index in [1.54, 1.807) is 0 Å². The molecule has 4 nitrogen and oxygen atoms in total. The highest BCUT2D eigenvalue weighted by molar-refractivity contribution is 7.99. The fraction of sp³-hybridized carbons (Fsp3) is 1.00. The van der Waals surface area contributed by atoms with E-state index in [1.807, 2.05) is 33.7 Å². The van der Waals surface area contributed by atoms with E-state index in [4.69, 9.17) is 9.98 Å². The third-order valence-corrected chi connectivity index (χ3v) is 4.07. The highest BCUT2D eigenvalue weighted by Crippen LogP contribution is 2.12. The lowest BCUT2D eigenvalue weighted by Gasteiger charge is -2.28. The first-order valence-electron chi connectivity index (χ1n) is 4.95. The molecule has 2 heterocycles. The lowest BCUT2D eigenvalue weighted by molar-refractivity contribution is -0.513. The van der Waals surface area contributed by atoms with E-state index in [0.29, 0.717) is 0 Å². The standard InChI is InChI=1S/C8H16N2O2S2/c1-5-13-6-2-9(1)11-12-10-3-7-14-8-4-10/h1-8H2. The van der Waals surface area contributed by atoms with Crippen molar-refractivity contribution in [1.82, 2.24) is 10.1 Å². The van der Waals surface area contributed by atoms with Crippen LogP contribution in [0.5, 0.6) is 0 Å². The molecule has 82 valence electrons. The van der Waals surface area contributed by atoms with Gasteiger partial charge in [-0.3, -0.25) is 0 Å². The number of hydrogen-bond donors (Lipinski definition) is 0.